The maximum absolute atomic E-state index is 12.3. The topological polar surface area (TPSA) is 106 Å². The van der Waals surface area contributed by atoms with Crippen molar-refractivity contribution in [3.05, 3.63) is 17.5 Å². The number of amides is 1. The molecule has 0 bridgehead atoms. The van der Waals surface area contributed by atoms with Crippen LogP contribution in [0.15, 0.2) is 11.2 Å². The minimum Gasteiger partial charge on any atom is -0.409 e. The molecule has 1 amide bonds. The van der Waals surface area contributed by atoms with E-state index in [0.29, 0.717) is 12.2 Å². The van der Waals surface area contributed by atoms with Crippen molar-refractivity contribution < 1.29 is 10.0 Å². The molecule has 1 aromatic rings. The molecule has 0 aliphatic rings. The fourth-order valence-corrected chi connectivity index (χ4v) is 1.93. The van der Waals surface area contributed by atoms with Gasteiger partial charge in [-0.1, -0.05) is 25.9 Å². The highest BCUT2D eigenvalue weighted by molar-refractivity contribution is 5.97. The number of oxime groups is 1. The van der Waals surface area contributed by atoms with Crippen LogP contribution in [0.3, 0.4) is 0 Å². The predicted molar refractivity (Wildman–Crippen MR) is 76.8 cm³/mol. The second-order valence-corrected chi connectivity index (χ2v) is 4.91. The zero-order valence-electron chi connectivity index (χ0n) is 12.4. The van der Waals surface area contributed by atoms with Gasteiger partial charge in [0.1, 0.15) is 5.69 Å². The number of nitrogens with one attached hydrogen (secondary N) is 1. The molecule has 1 unspecified atom stereocenters. The van der Waals surface area contributed by atoms with Crippen LogP contribution in [-0.4, -0.2) is 32.8 Å². The molecule has 0 saturated carbocycles. The maximum Gasteiger partial charge on any atom is 0.270 e. The molecule has 1 atom stereocenters. The molecule has 7 heteroatoms. The molecule has 4 N–H and O–H groups in total. The van der Waals surface area contributed by atoms with Crippen molar-refractivity contribution in [3.8, 4) is 0 Å². The number of rotatable bonds is 6. The number of amidine groups is 1. The molecule has 0 aliphatic heterocycles. The number of nitrogens with two attached hydrogens (primary N) is 1. The van der Waals surface area contributed by atoms with Gasteiger partial charge in [0.05, 0.1) is 11.7 Å². The van der Waals surface area contributed by atoms with Gasteiger partial charge in [0.2, 0.25) is 0 Å². The SMILES string of the molecule is CCc1cc(C(=O)NC(C(N)=NO)C(C)C)n(CC)n1. The molecule has 7 nitrogen and oxygen atoms in total. The molecule has 20 heavy (non-hydrogen) atoms. The molecule has 0 fully saturated rings. The Hall–Kier alpha value is -2.05. The summed E-state index contributed by atoms with van der Waals surface area (Å²) < 4.78 is 1.65. The minimum absolute atomic E-state index is 0.00775. The normalized spacial score (nSPS) is 13.6. The molecular weight excluding hydrogens is 258 g/mol. The standard InChI is InChI=1S/C13H23N5O2/c1-5-9-7-10(18(6-2)16-9)13(19)15-11(8(3)4)12(14)17-20/h7-8,11,20H,5-6H2,1-4H3,(H2,14,17)(H,15,19). The highest BCUT2D eigenvalue weighted by Gasteiger charge is 2.23. The van der Waals surface area contributed by atoms with Crippen molar-refractivity contribution in [1.82, 2.24) is 15.1 Å². The van der Waals surface area contributed by atoms with Gasteiger partial charge in [-0.3, -0.25) is 9.48 Å². The average Bonchev–Trinajstić information content (AvgIpc) is 2.86. The van der Waals surface area contributed by atoms with Crippen LogP contribution in [0.2, 0.25) is 0 Å². The van der Waals surface area contributed by atoms with Gasteiger partial charge in [-0.25, -0.2) is 0 Å². The lowest BCUT2D eigenvalue weighted by molar-refractivity contribution is 0.0928. The van der Waals surface area contributed by atoms with Crippen LogP contribution in [0, 0.1) is 5.92 Å². The van der Waals surface area contributed by atoms with Gasteiger partial charge < -0.3 is 16.3 Å². The lowest BCUT2D eigenvalue weighted by Crippen LogP contribution is -2.48. The van der Waals surface area contributed by atoms with Gasteiger partial charge in [-0.2, -0.15) is 5.10 Å². The Kier molecular flexibility index (Phi) is 5.54. The van der Waals surface area contributed by atoms with Gasteiger partial charge in [-0.05, 0) is 25.3 Å². The number of nitrogens with zero attached hydrogens (tertiary/aromatic N) is 3. The fraction of sp³-hybridized carbons (Fsp3) is 0.615. The van der Waals surface area contributed by atoms with E-state index in [1.807, 2.05) is 27.7 Å². The van der Waals surface area contributed by atoms with Gasteiger partial charge in [-0.15, -0.1) is 0 Å². The third-order valence-corrected chi connectivity index (χ3v) is 3.11. The van der Waals surface area contributed by atoms with Crippen LogP contribution in [0.1, 0.15) is 43.9 Å². The van der Waals surface area contributed by atoms with Crippen molar-refractivity contribution >= 4 is 11.7 Å². The van der Waals surface area contributed by atoms with E-state index in [1.165, 1.54) is 0 Å². The first-order valence-electron chi connectivity index (χ1n) is 6.79. The van der Waals surface area contributed by atoms with E-state index >= 15 is 0 Å². The van der Waals surface area contributed by atoms with E-state index in [4.69, 9.17) is 10.9 Å². The molecule has 1 aromatic heterocycles. The third kappa shape index (κ3) is 3.49. The number of hydrogen-bond acceptors (Lipinski definition) is 4. The summed E-state index contributed by atoms with van der Waals surface area (Å²) in [4.78, 5) is 12.3. The molecule has 0 aromatic carbocycles. The molecule has 0 spiro atoms. The second-order valence-electron chi connectivity index (χ2n) is 4.91. The van der Waals surface area contributed by atoms with Gasteiger partial charge in [0.15, 0.2) is 5.84 Å². The molecule has 1 rings (SSSR count). The number of hydrogen-bond donors (Lipinski definition) is 3. The zero-order chi connectivity index (χ0) is 15.3. The first-order chi connectivity index (χ1) is 9.44. The molecule has 0 saturated heterocycles. The van der Waals surface area contributed by atoms with Crippen molar-refractivity contribution in [2.24, 2.45) is 16.8 Å². The van der Waals surface area contributed by atoms with Gasteiger partial charge >= 0.3 is 0 Å². The smallest absolute Gasteiger partial charge is 0.270 e. The van der Waals surface area contributed by atoms with E-state index < -0.39 is 6.04 Å². The molecule has 0 radical (unpaired) electrons. The summed E-state index contributed by atoms with van der Waals surface area (Å²) >= 11 is 0. The lowest BCUT2D eigenvalue weighted by atomic mass is 10.0. The Labute approximate surface area is 118 Å². The Morgan fingerprint density at radius 1 is 1.55 bits per heavy atom. The van der Waals surface area contributed by atoms with Gasteiger partial charge in [0, 0.05) is 6.54 Å². The van der Waals surface area contributed by atoms with Crippen molar-refractivity contribution in [3.63, 3.8) is 0 Å². The van der Waals surface area contributed by atoms with Crippen LogP contribution >= 0.6 is 0 Å². The van der Waals surface area contributed by atoms with Gasteiger partial charge in [0.25, 0.3) is 5.91 Å². The Morgan fingerprint density at radius 3 is 2.65 bits per heavy atom. The Balaban J connectivity index is 2.97. The summed E-state index contributed by atoms with van der Waals surface area (Å²) in [5, 5.41) is 18.9. The third-order valence-electron chi connectivity index (χ3n) is 3.11. The number of carbonyl (C=O) groups excluding carboxylic acids is 1. The Morgan fingerprint density at radius 2 is 2.20 bits per heavy atom. The summed E-state index contributed by atoms with van der Waals surface area (Å²) in [6, 6.07) is 1.25. The molecule has 112 valence electrons. The van der Waals surface area contributed by atoms with Crippen molar-refractivity contribution in [2.45, 2.75) is 46.7 Å². The van der Waals surface area contributed by atoms with E-state index in [0.717, 1.165) is 12.1 Å². The largest absolute Gasteiger partial charge is 0.409 e. The zero-order valence-corrected chi connectivity index (χ0v) is 12.4. The average molecular weight is 281 g/mol. The number of carbonyl (C=O) groups is 1. The van der Waals surface area contributed by atoms with Crippen LogP contribution < -0.4 is 11.1 Å². The first kappa shape index (κ1) is 16.0. The predicted octanol–water partition coefficient (Wildman–Crippen LogP) is 0.966. The summed E-state index contributed by atoms with van der Waals surface area (Å²) in [6.45, 7) is 8.29. The summed E-state index contributed by atoms with van der Waals surface area (Å²) in [7, 11) is 0. The van der Waals surface area contributed by atoms with E-state index in [2.05, 4.69) is 15.6 Å². The van der Waals surface area contributed by atoms with Crippen LogP contribution in [-0.2, 0) is 13.0 Å². The highest BCUT2D eigenvalue weighted by Crippen LogP contribution is 2.08. The molecular formula is C13H23N5O2. The second kappa shape index (κ2) is 6.93. The maximum atomic E-state index is 12.3. The quantitative estimate of drug-likeness (QED) is 0.312. The number of aromatic nitrogens is 2. The van der Waals surface area contributed by atoms with E-state index in [-0.39, 0.29) is 17.7 Å². The minimum atomic E-state index is -0.516. The van der Waals surface area contributed by atoms with Crippen molar-refractivity contribution in [1.29, 1.82) is 0 Å². The number of aryl methyl sites for hydroxylation is 2. The highest BCUT2D eigenvalue weighted by atomic mass is 16.4. The molecule has 0 aliphatic carbocycles. The van der Waals surface area contributed by atoms with Crippen LogP contribution in [0.5, 0.6) is 0 Å². The Bertz CT molecular complexity index is 493. The fourth-order valence-electron chi connectivity index (χ4n) is 1.93. The summed E-state index contributed by atoms with van der Waals surface area (Å²) in [5.74, 6) is -0.269. The van der Waals surface area contributed by atoms with Crippen LogP contribution in [0.4, 0.5) is 0 Å². The van der Waals surface area contributed by atoms with Crippen molar-refractivity contribution in [2.75, 3.05) is 0 Å². The van der Waals surface area contributed by atoms with E-state index in [9.17, 15) is 4.79 Å². The van der Waals surface area contributed by atoms with Crippen LogP contribution in [0.25, 0.3) is 0 Å². The van der Waals surface area contributed by atoms with E-state index in [1.54, 1.807) is 10.7 Å². The molecule has 1 heterocycles. The summed E-state index contributed by atoms with van der Waals surface area (Å²) in [5.41, 5.74) is 6.96. The lowest BCUT2D eigenvalue weighted by Gasteiger charge is -2.20. The first-order valence-corrected chi connectivity index (χ1v) is 6.79. The monoisotopic (exact) mass is 281 g/mol. The summed E-state index contributed by atoms with van der Waals surface area (Å²) in [6.07, 6.45) is 0.765.